The highest BCUT2D eigenvalue weighted by molar-refractivity contribution is 5.00. The smallest absolute Gasteiger partial charge is 0.382 e. The zero-order chi connectivity index (χ0) is 14.8. The van der Waals surface area contributed by atoms with E-state index in [1.807, 2.05) is 0 Å². The van der Waals surface area contributed by atoms with Crippen LogP contribution < -0.4 is 0 Å². The van der Waals surface area contributed by atoms with E-state index in [9.17, 15) is 39.5 Å². The summed E-state index contributed by atoms with van der Waals surface area (Å²) in [6.07, 6.45) is -8.72. The topological polar surface area (TPSA) is 9.23 Å². The van der Waals surface area contributed by atoms with Gasteiger partial charge >= 0.3 is 23.9 Å². The van der Waals surface area contributed by atoms with Gasteiger partial charge in [0.05, 0.1) is 6.61 Å². The second-order valence-electron chi connectivity index (χ2n) is 3.30. The lowest BCUT2D eigenvalue weighted by Crippen LogP contribution is -2.61. The molecule has 0 fully saturated rings. The molecule has 0 aromatic heterocycles. The zero-order valence-corrected chi connectivity index (χ0v) is 8.93. The average molecular weight is 292 g/mol. The van der Waals surface area contributed by atoms with Crippen molar-refractivity contribution in [1.82, 2.24) is 0 Å². The number of hydrogen-bond acceptors (Lipinski definition) is 1. The average Bonchev–Trinajstić information content (AvgIpc) is 2.15. The number of rotatable bonds is 6. The molecule has 18 heavy (non-hydrogen) atoms. The normalized spacial score (nSPS) is 15.0. The monoisotopic (exact) mass is 292 g/mol. The van der Waals surface area contributed by atoms with Crippen molar-refractivity contribution in [3.8, 4) is 0 Å². The first-order valence-electron chi connectivity index (χ1n) is 4.59. The van der Waals surface area contributed by atoms with E-state index in [1.54, 1.807) is 0 Å². The van der Waals surface area contributed by atoms with Crippen LogP contribution in [0.25, 0.3) is 0 Å². The molecule has 10 heteroatoms. The van der Waals surface area contributed by atoms with Crippen LogP contribution >= 0.6 is 0 Å². The largest absolute Gasteiger partial charge is 0.460 e. The van der Waals surface area contributed by atoms with Crippen molar-refractivity contribution in [2.75, 3.05) is 13.2 Å². The number of hydrogen-bond donors (Lipinski definition) is 0. The molecule has 0 atom stereocenters. The third-order valence-corrected chi connectivity index (χ3v) is 1.97. The van der Waals surface area contributed by atoms with Crippen molar-refractivity contribution >= 4 is 0 Å². The van der Waals surface area contributed by atoms with Gasteiger partial charge in [-0.05, 0) is 6.92 Å². The summed E-state index contributed by atoms with van der Waals surface area (Å²) in [5, 5.41) is 0. The second kappa shape index (κ2) is 5.14. The highest BCUT2D eigenvalue weighted by atomic mass is 19.4. The van der Waals surface area contributed by atoms with Crippen molar-refractivity contribution in [2.24, 2.45) is 0 Å². The summed E-state index contributed by atoms with van der Waals surface area (Å²) in [7, 11) is 0. The molecule has 0 saturated heterocycles. The van der Waals surface area contributed by atoms with Gasteiger partial charge in [0.2, 0.25) is 0 Å². The van der Waals surface area contributed by atoms with E-state index in [0.717, 1.165) is 0 Å². The molecule has 0 aromatic rings. The van der Waals surface area contributed by atoms with Crippen LogP contribution in [-0.2, 0) is 4.74 Å². The van der Waals surface area contributed by atoms with Crippen molar-refractivity contribution in [2.45, 2.75) is 37.3 Å². The first-order valence-corrected chi connectivity index (χ1v) is 4.59. The summed E-state index contributed by atoms with van der Waals surface area (Å²) < 4.78 is 115. The van der Waals surface area contributed by atoms with Crippen molar-refractivity contribution in [1.29, 1.82) is 0 Å². The molecule has 0 saturated carbocycles. The molecule has 0 heterocycles. The highest BCUT2D eigenvalue weighted by Gasteiger charge is 2.81. The van der Waals surface area contributed by atoms with Crippen LogP contribution in [0.4, 0.5) is 39.5 Å². The van der Waals surface area contributed by atoms with Gasteiger partial charge in [0, 0.05) is 13.0 Å². The third-order valence-electron chi connectivity index (χ3n) is 1.97. The van der Waals surface area contributed by atoms with Gasteiger partial charge in [-0.25, -0.2) is 0 Å². The van der Waals surface area contributed by atoms with Gasteiger partial charge in [-0.2, -0.15) is 39.5 Å². The van der Waals surface area contributed by atoms with Crippen molar-refractivity contribution in [3.05, 3.63) is 0 Å². The molecule has 1 nitrogen and oxygen atoms in total. The Kier molecular flexibility index (Phi) is 4.95. The van der Waals surface area contributed by atoms with E-state index in [2.05, 4.69) is 4.74 Å². The predicted molar refractivity (Wildman–Crippen MR) is 42.0 cm³/mol. The molecular formula is C8H9F9O. The van der Waals surface area contributed by atoms with Crippen LogP contribution in [0.15, 0.2) is 0 Å². The quantitative estimate of drug-likeness (QED) is 0.533. The third kappa shape index (κ3) is 3.01. The van der Waals surface area contributed by atoms with E-state index in [4.69, 9.17) is 0 Å². The molecule has 0 aliphatic rings. The Morgan fingerprint density at radius 3 is 1.56 bits per heavy atom. The van der Waals surface area contributed by atoms with Crippen molar-refractivity contribution < 1.29 is 44.3 Å². The SMILES string of the molecule is CCOCCC(F)(F)C(F)(F)C(F)(F)C(F)(F)F. The van der Waals surface area contributed by atoms with Gasteiger partial charge in [0.25, 0.3) is 0 Å². The summed E-state index contributed by atoms with van der Waals surface area (Å²) in [5.41, 5.74) is 0. The van der Waals surface area contributed by atoms with E-state index < -0.39 is 37.0 Å². The van der Waals surface area contributed by atoms with Gasteiger partial charge in [-0.3, -0.25) is 0 Å². The molecule has 0 aromatic carbocycles. The molecule has 0 aliphatic heterocycles. The molecule has 0 spiro atoms. The molecule has 0 bridgehead atoms. The van der Waals surface area contributed by atoms with Crippen molar-refractivity contribution in [3.63, 3.8) is 0 Å². The fraction of sp³-hybridized carbons (Fsp3) is 1.00. The molecule has 110 valence electrons. The maximum atomic E-state index is 12.7. The zero-order valence-electron chi connectivity index (χ0n) is 8.93. The van der Waals surface area contributed by atoms with Crippen LogP contribution in [0.1, 0.15) is 13.3 Å². The lowest BCUT2D eigenvalue weighted by molar-refractivity contribution is -0.397. The number of halogens is 9. The highest BCUT2D eigenvalue weighted by Crippen LogP contribution is 2.53. The summed E-state index contributed by atoms with van der Waals surface area (Å²) in [6, 6.07) is 0. The summed E-state index contributed by atoms with van der Waals surface area (Å²) >= 11 is 0. The second-order valence-corrected chi connectivity index (χ2v) is 3.30. The Hall–Kier alpha value is -0.670. The number of alkyl halides is 9. The Labute approximate surface area is 95.9 Å². The Bertz CT molecular complexity index is 270. The fourth-order valence-electron chi connectivity index (χ4n) is 0.909. The van der Waals surface area contributed by atoms with Gasteiger partial charge in [0.15, 0.2) is 0 Å². The minimum atomic E-state index is -6.82. The first-order chi connectivity index (χ1) is 7.81. The van der Waals surface area contributed by atoms with Gasteiger partial charge in [-0.1, -0.05) is 0 Å². The maximum absolute atomic E-state index is 12.7. The van der Waals surface area contributed by atoms with Gasteiger partial charge < -0.3 is 4.74 Å². The minimum absolute atomic E-state index is 0.169. The van der Waals surface area contributed by atoms with Crippen LogP contribution in [0.2, 0.25) is 0 Å². The van der Waals surface area contributed by atoms with Gasteiger partial charge in [0.1, 0.15) is 0 Å². The molecule has 0 radical (unpaired) electrons. The van der Waals surface area contributed by atoms with Gasteiger partial charge in [-0.15, -0.1) is 0 Å². The first kappa shape index (κ1) is 17.3. The maximum Gasteiger partial charge on any atom is 0.460 e. The van der Waals surface area contributed by atoms with E-state index in [-0.39, 0.29) is 6.61 Å². The molecule has 0 N–H and O–H groups in total. The standard InChI is InChI=1S/C8H9F9O/c1-2-18-4-3-5(9,10)6(11,12)7(13,14)8(15,16)17/h2-4H2,1H3. The minimum Gasteiger partial charge on any atom is -0.382 e. The van der Waals surface area contributed by atoms with Crippen LogP contribution in [0.3, 0.4) is 0 Å². The van der Waals surface area contributed by atoms with E-state index >= 15 is 0 Å². The summed E-state index contributed by atoms with van der Waals surface area (Å²) in [4.78, 5) is 0. The fourth-order valence-corrected chi connectivity index (χ4v) is 0.909. The van der Waals surface area contributed by atoms with E-state index in [1.165, 1.54) is 6.92 Å². The Morgan fingerprint density at radius 1 is 0.778 bits per heavy atom. The Morgan fingerprint density at radius 2 is 1.22 bits per heavy atom. The van der Waals surface area contributed by atoms with E-state index in [0.29, 0.717) is 0 Å². The lowest BCUT2D eigenvalue weighted by Gasteiger charge is -2.33. The van der Waals surface area contributed by atoms with Crippen LogP contribution in [0.5, 0.6) is 0 Å². The molecule has 0 rings (SSSR count). The summed E-state index contributed by atoms with van der Waals surface area (Å²) in [6.45, 7) is 0.0744. The number of ether oxygens (including phenoxy) is 1. The molecule has 0 amide bonds. The molecular weight excluding hydrogens is 283 g/mol. The Balaban J connectivity index is 5.11. The van der Waals surface area contributed by atoms with Crippen LogP contribution in [-0.4, -0.2) is 37.2 Å². The summed E-state index contributed by atoms with van der Waals surface area (Å²) in [5.74, 6) is -18.9. The van der Waals surface area contributed by atoms with Crippen LogP contribution in [0, 0.1) is 0 Å². The predicted octanol–water partition coefficient (Wildman–Crippen LogP) is 3.88. The molecule has 0 aliphatic carbocycles. The lowest BCUT2D eigenvalue weighted by atomic mass is 10.0. The molecule has 0 unspecified atom stereocenters.